The van der Waals surface area contributed by atoms with E-state index in [0.717, 1.165) is 68.0 Å². The highest BCUT2D eigenvalue weighted by Gasteiger charge is 2.00. The Morgan fingerprint density at radius 2 is 1.21 bits per heavy atom. The zero-order valence-corrected chi connectivity index (χ0v) is 19.9. The molecule has 0 aliphatic heterocycles. The first kappa shape index (κ1) is 24.9. The summed E-state index contributed by atoms with van der Waals surface area (Å²) in [6.45, 7) is 0. The molecule has 4 rings (SSSR count). The number of aryl methyl sites for hydroxylation is 4. The summed E-state index contributed by atoms with van der Waals surface area (Å²) < 4.78 is 10.2. The number of nitrogens with zero attached hydrogens (tertiary/aromatic N) is 5. The second kappa shape index (κ2) is 14.4. The highest BCUT2D eigenvalue weighted by Crippen LogP contribution is 2.14. The molecule has 0 fully saturated rings. The second-order valence-corrected chi connectivity index (χ2v) is 7.90. The first-order valence-electron chi connectivity index (χ1n) is 11.6. The van der Waals surface area contributed by atoms with Crippen molar-refractivity contribution >= 4 is 0 Å². The number of rotatable bonds is 12. The maximum Gasteiger partial charge on any atom is 0.174 e. The SMILES string of the molecule is COc1ccc(CCCCc2cn[nH]n2)cc1.COc1ccc(CCCCc2nn[nH]n2)cc1. The quantitative estimate of drug-likeness (QED) is 0.303. The molecule has 0 aliphatic carbocycles. The van der Waals surface area contributed by atoms with Gasteiger partial charge in [0.2, 0.25) is 0 Å². The van der Waals surface area contributed by atoms with E-state index in [4.69, 9.17) is 9.47 Å². The van der Waals surface area contributed by atoms with Crippen LogP contribution in [0.15, 0.2) is 54.7 Å². The van der Waals surface area contributed by atoms with Gasteiger partial charge in [0, 0.05) is 6.42 Å². The van der Waals surface area contributed by atoms with Crippen LogP contribution in [0, 0.1) is 0 Å². The molecular formula is C25H33N7O2. The van der Waals surface area contributed by atoms with Crippen molar-refractivity contribution in [2.24, 2.45) is 0 Å². The van der Waals surface area contributed by atoms with Crippen LogP contribution in [0.25, 0.3) is 0 Å². The fraction of sp³-hybridized carbons (Fsp3) is 0.400. The predicted molar refractivity (Wildman–Crippen MR) is 130 cm³/mol. The Morgan fingerprint density at radius 3 is 1.68 bits per heavy atom. The summed E-state index contributed by atoms with van der Waals surface area (Å²) in [5, 5.41) is 24.3. The van der Waals surface area contributed by atoms with Crippen molar-refractivity contribution in [3.8, 4) is 11.5 Å². The fourth-order valence-corrected chi connectivity index (χ4v) is 3.47. The molecule has 0 saturated heterocycles. The molecule has 9 nitrogen and oxygen atoms in total. The highest BCUT2D eigenvalue weighted by atomic mass is 16.5. The van der Waals surface area contributed by atoms with Crippen molar-refractivity contribution in [2.45, 2.75) is 51.4 Å². The van der Waals surface area contributed by atoms with Crippen LogP contribution in [0.4, 0.5) is 0 Å². The number of unbranched alkanes of at least 4 members (excludes halogenated alkanes) is 2. The van der Waals surface area contributed by atoms with E-state index in [1.807, 2.05) is 24.3 Å². The van der Waals surface area contributed by atoms with Gasteiger partial charge >= 0.3 is 0 Å². The smallest absolute Gasteiger partial charge is 0.174 e. The molecule has 34 heavy (non-hydrogen) atoms. The second-order valence-electron chi connectivity index (χ2n) is 7.90. The lowest BCUT2D eigenvalue weighted by molar-refractivity contribution is 0.414. The molecule has 0 saturated carbocycles. The van der Waals surface area contributed by atoms with Gasteiger partial charge in [0.1, 0.15) is 11.5 Å². The number of aromatic nitrogens is 7. The molecule has 9 heteroatoms. The van der Waals surface area contributed by atoms with Crippen LogP contribution in [0.5, 0.6) is 11.5 Å². The largest absolute Gasteiger partial charge is 0.497 e. The van der Waals surface area contributed by atoms with Gasteiger partial charge < -0.3 is 9.47 Å². The van der Waals surface area contributed by atoms with Crippen molar-refractivity contribution in [3.05, 3.63) is 77.4 Å². The molecule has 0 spiro atoms. The van der Waals surface area contributed by atoms with Gasteiger partial charge in [-0.25, -0.2) is 0 Å². The van der Waals surface area contributed by atoms with Crippen molar-refractivity contribution < 1.29 is 9.47 Å². The summed E-state index contributed by atoms with van der Waals surface area (Å²) in [7, 11) is 3.37. The van der Waals surface area contributed by atoms with Gasteiger partial charge in [-0.3, -0.25) is 0 Å². The number of methoxy groups -OCH3 is 2. The zero-order valence-electron chi connectivity index (χ0n) is 19.9. The van der Waals surface area contributed by atoms with E-state index in [1.165, 1.54) is 17.5 Å². The van der Waals surface area contributed by atoms with E-state index >= 15 is 0 Å². The average molecular weight is 464 g/mol. The van der Waals surface area contributed by atoms with Crippen molar-refractivity contribution in [2.75, 3.05) is 14.2 Å². The lowest BCUT2D eigenvalue weighted by Gasteiger charge is -2.03. The van der Waals surface area contributed by atoms with Gasteiger partial charge in [-0.2, -0.15) is 20.6 Å². The van der Waals surface area contributed by atoms with Crippen LogP contribution in [0.3, 0.4) is 0 Å². The van der Waals surface area contributed by atoms with Gasteiger partial charge in [0.15, 0.2) is 5.82 Å². The first-order valence-corrected chi connectivity index (χ1v) is 11.6. The molecule has 2 aromatic heterocycles. The standard InChI is InChI=1S/C13H17N3O.C12H16N4O/c1-17-13-8-6-11(7-9-13)4-2-3-5-12-10-14-16-15-12;1-17-11-8-6-10(7-9-11)4-2-3-5-12-13-15-16-14-12/h6-10H,2-5H2,1H3,(H,14,15,16);6-9H,2-5H2,1H3,(H,13,14,15,16). The number of hydrogen-bond acceptors (Lipinski definition) is 7. The Morgan fingerprint density at radius 1 is 0.647 bits per heavy atom. The van der Waals surface area contributed by atoms with Crippen LogP contribution in [-0.2, 0) is 25.7 Å². The molecular weight excluding hydrogens is 430 g/mol. The van der Waals surface area contributed by atoms with Crippen LogP contribution in [0.1, 0.15) is 48.3 Å². The average Bonchev–Trinajstić information content (AvgIpc) is 3.60. The lowest BCUT2D eigenvalue weighted by atomic mass is 10.1. The van der Waals surface area contributed by atoms with Crippen molar-refractivity contribution in [3.63, 3.8) is 0 Å². The Kier molecular flexibility index (Phi) is 10.5. The van der Waals surface area contributed by atoms with E-state index in [2.05, 4.69) is 60.3 Å². The van der Waals surface area contributed by atoms with E-state index in [1.54, 1.807) is 20.4 Å². The molecule has 0 amide bonds. The molecule has 180 valence electrons. The third-order valence-electron chi connectivity index (χ3n) is 5.44. The number of tetrazole rings is 1. The molecule has 4 aromatic rings. The minimum Gasteiger partial charge on any atom is -0.497 e. The molecule has 0 aliphatic rings. The van der Waals surface area contributed by atoms with Crippen molar-refractivity contribution in [1.82, 2.24) is 36.0 Å². The van der Waals surface area contributed by atoms with E-state index in [0.29, 0.717) is 0 Å². The van der Waals surface area contributed by atoms with Gasteiger partial charge in [-0.05, 0) is 80.3 Å². The van der Waals surface area contributed by atoms with Crippen LogP contribution >= 0.6 is 0 Å². The van der Waals surface area contributed by atoms with Gasteiger partial charge in [-0.1, -0.05) is 29.5 Å². The van der Waals surface area contributed by atoms with Crippen LogP contribution < -0.4 is 9.47 Å². The lowest BCUT2D eigenvalue weighted by Crippen LogP contribution is -1.92. The Balaban J connectivity index is 0.000000191. The van der Waals surface area contributed by atoms with Crippen LogP contribution in [0.2, 0.25) is 0 Å². The summed E-state index contributed by atoms with van der Waals surface area (Å²) >= 11 is 0. The monoisotopic (exact) mass is 463 g/mol. The molecule has 0 bridgehead atoms. The number of ether oxygens (including phenoxy) is 2. The predicted octanol–water partition coefficient (Wildman–Crippen LogP) is 4.15. The Labute approximate surface area is 200 Å². The van der Waals surface area contributed by atoms with Crippen LogP contribution in [-0.4, -0.2) is 50.3 Å². The molecule has 2 aromatic carbocycles. The minimum absolute atomic E-state index is 0.791. The maximum absolute atomic E-state index is 5.13. The molecule has 2 N–H and O–H groups in total. The number of aromatic amines is 2. The van der Waals surface area contributed by atoms with Gasteiger partial charge in [0.25, 0.3) is 0 Å². The Bertz CT molecular complexity index is 933. The first-order chi connectivity index (χ1) is 16.8. The summed E-state index contributed by atoms with van der Waals surface area (Å²) in [6, 6.07) is 16.5. The maximum atomic E-state index is 5.13. The number of hydrogen-bond donors (Lipinski definition) is 2. The highest BCUT2D eigenvalue weighted by molar-refractivity contribution is 5.27. The minimum atomic E-state index is 0.791. The zero-order chi connectivity index (χ0) is 23.8. The summed E-state index contributed by atoms with van der Waals surface area (Å²) in [5.74, 6) is 2.61. The topological polar surface area (TPSA) is 114 Å². The summed E-state index contributed by atoms with van der Waals surface area (Å²) in [5.41, 5.74) is 3.73. The molecule has 0 atom stereocenters. The summed E-state index contributed by atoms with van der Waals surface area (Å²) in [6.07, 6.45) is 10.3. The number of nitrogens with one attached hydrogen (secondary N) is 2. The van der Waals surface area contributed by atoms with Gasteiger partial charge in [0.05, 0.1) is 26.1 Å². The normalized spacial score (nSPS) is 10.4. The van der Waals surface area contributed by atoms with Gasteiger partial charge in [-0.15, -0.1) is 10.2 Å². The number of H-pyrrole nitrogens is 2. The molecule has 0 unspecified atom stereocenters. The molecule has 2 heterocycles. The third kappa shape index (κ3) is 9.01. The van der Waals surface area contributed by atoms with E-state index in [-0.39, 0.29) is 0 Å². The summed E-state index contributed by atoms with van der Waals surface area (Å²) in [4.78, 5) is 0. The fourth-order valence-electron chi connectivity index (χ4n) is 3.47. The van der Waals surface area contributed by atoms with E-state index < -0.39 is 0 Å². The van der Waals surface area contributed by atoms with E-state index in [9.17, 15) is 0 Å². The Hall–Kier alpha value is -3.75. The van der Waals surface area contributed by atoms with Crippen molar-refractivity contribution in [1.29, 1.82) is 0 Å². The molecule has 0 radical (unpaired) electrons. The number of benzene rings is 2. The third-order valence-corrected chi connectivity index (χ3v) is 5.44.